The molecule has 4 heteroatoms. The Morgan fingerprint density at radius 1 is 1.82 bits per heavy atom. The minimum Gasteiger partial charge on any atom is -0.289 e. The Morgan fingerprint density at radius 2 is 2.55 bits per heavy atom. The van der Waals surface area contributed by atoms with E-state index in [2.05, 4.69) is 5.43 Å². The summed E-state index contributed by atoms with van der Waals surface area (Å²) in [5, 5.41) is 1.89. The molecule has 0 unspecified atom stereocenters. The van der Waals surface area contributed by atoms with Gasteiger partial charge >= 0.3 is 0 Å². The molecule has 0 atom stereocenters. The minimum atomic E-state index is -0.197. The lowest BCUT2D eigenvalue weighted by atomic mass is 10.2. The lowest BCUT2D eigenvalue weighted by Crippen LogP contribution is -2.29. The predicted octanol–water partition coefficient (Wildman–Crippen LogP) is 0.914. The highest BCUT2D eigenvalue weighted by Gasteiger charge is 2.09. The molecule has 0 aliphatic rings. The molecular weight excluding hydrogens is 160 g/mol. The summed E-state index contributed by atoms with van der Waals surface area (Å²) >= 11 is 1.41. The van der Waals surface area contributed by atoms with Crippen LogP contribution >= 0.6 is 11.3 Å². The van der Waals surface area contributed by atoms with Crippen LogP contribution < -0.4 is 11.3 Å². The molecule has 0 radical (unpaired) electrons. The van der Waals surface area contributed by atoms with Crippen LogP contribution in [-0.4, -0.2) is 5.91 Å². The highest BCUT2D eigenvalue weighted by molar-refractivity contribution is 7.12. The van der Waals surface area contributed by atoms with Gasteiger partial charge in [0.05, 0.1) is 4.88 Å². The van der Waals surface area contributed by atoms with Crippen molar-refractivity contribution in [2.75, 3.05) is 0 Å². The summed E-state index contributed by atoms with van der Waals surface area (Å²) in [4.78, 5) is 11.7. The summed E-state index contributed by atoms with van der Waals surface area (Å²) in [5.41, 5.74) is 3.17. The third-order valence-corrected chi connectivity index (χ3v) is 2.42. The largest absolute Gasteiger partial charge is 0.289 e. The number of carbonyl (C=O) groups excluding carboxylic acids is 1. The maximum atomic E-state index is 11.0. The summed E-state index contributed by atoms with van der Waals surface area (Å²) in [6, 6.07) is 1.94. The van der Waals surface area contributed by atoms with Crippen molar-refractivity contribution in [1.29, 1.82) is 0 Å². The van der Waals surface area contributed by atoms with Crippen LogP contribution in [0.4, 0.5) is 0 Å². The van der Waals surface area contributed by atoms with Crippen LogP contribution in [-0.2, 0) is 6.42 Å². The fourth-order valence-corrected chi connectivity index (χ4v) is 1.78. The molecule has 60 valence electrons. The van der Waals surface area contributed by atoms with E-state index in [9.17, 15) is 4.79 Å². The molecule has 0 spiro atoms. The van der Waals surface area contributed by atoms with Crippen molar-refractivity contribution < 1.29 is 4.79 Å². The van der Waals surface area contributed by atoms with E-state index in [1.54, 1.807) is 0 Å². The fraction of sp³-hybridized carbons (Fsp3) is 0.286. The molecule has 1 aromatic heterocycles. The number of nitrogens with one attached hydrogen (secondary N) is 1. The van der Waals surface area contributed by atoms with Gasteiger partial charge in [-0.25, -0.2) is 5.84 Å². The minimum absolute atomic E-state index is 0.197. The molecule has 0 aromatic carbocycles. The van der Waals surface area contributed by atoms with Gasteiger partial charge < -0.3 is 0 Å². The van der Waals surface area contributed by atoms with Crippen molar-refractivity contribution in [3.8, 4) is 0 Å². The van der Waals surface area contributed by atoms with E-state index in [-0.39, 0.29) is 5.91 Å². The first-order valence-electron chi connectivity index (χ1n) is 3.37. The second kappa shape index (κ2) is 3.50. The summed E-state index contributed by atoms with van der Waals surface area (Å²) in [5.74, 6) is 4.80. The number of hydrogen-bond acceptors (Lipinski definition) is 3. The van der Waals surface area contributed by atoms with Crippen LogP contribution in [0.2, 0.25) is 0 Å². The summed E-state index contributed by atoms with van der Waals surface area (Å²) in [7, 11) is 0. The second-order valence-corrected chi connectivity index (χ2v) is 3.02. The van der Waals surface area contributed by atoms with Crippen molar-refractivity contribution in [1.82, 2.24) is 5.43 Å². The van der Waals surface area contributed by atoms with Crippen LogP contribution in [0.1, 0.15) is 22.2 Å². The third kappa shape index (κ3) is 1.58. The van der Waals surface area contributed by atoms with Crippen LogP contribution in [0.5, 0.6) is 0 Å². The van der Waals surface area contributed by atoms with E-state index in [1.807, 2.05) is 18.4 Å². The van der Waals surface area contributed by atoms with Crippen molar-refractivity contribution >= 4 is 17.2 Å². The normalized spacial score (nSPS) is 9.64. The van der Waals surface area contributed by atoms with Gasteiger partial charge in [0.25, 0.3) is 5.91 Å². The van der Waals surface area contributed by atoms with Gasteiger partial charge in [-0.15, -0.1) is 11.3 Å². The second-order valence-electron chi connectivity index (χ2n) is 2.10. The standard InChI is InChI=1S/C7H10N2OS/c1-2-5-3-4-11-6(5)7(10)9-8/h3-4H,2,8H2,1H3,(H,9,10). The maximum absolute atomic E-state index is 11.0. The lowest BCUT2D eigenvalue weighted by Gasteiger charge is -1.97. The Bertz CT molecular complexity index is 257. The smallest absolute Gasteiger partial charge is 0.275 e. The van der Waals surface area contributed by atoms with E-state index < -0.39 is 0 Å². The topological polar surface area (TPSA) is 55.1 Å². The summed E-state index contributed by atoms with van der Waals surface area (Å²) in [6.07, 6.45) is 0.867. The van der Waals surface area contributed by atoms with E-state index in [1.165, 1.54) is 11.3 Å². The molecule has 0 saturated heterocycles. The van der Waals surface area contributed by atoms with Crippen LogP contribution in [0.25, 0.3) is 0 Å². The van der Waals surface area contributed by atoms with Gasteiger partial charge in [-0.1, -0.05) is 6.92 Å². The molecule has 3 N–H and O–H groups in total. The van der Waals surface area contributed by atoms with Crippen LogP contribution in [0.3, 0.4) is 0 Å². The molecule has 1 rings (SSSR count). The number of carbonyl (C=O) groups is 1. The SMILES string of the molecule is CCc1ccsc1C(=O)NN. The molecule has 0 bridgehead atoms. The van der Waals surface area contributed by atoms with Gasteiger partial charge in [-0.2, -0.15) is 0 Å². The molecule has 0 aliphatic carbocycles. The van der Waals surface area contributed by atoms with Gasteiger partial charge in [-0.05, 0) is 23.4 Å². The zero-order valence-corrected chi connectivity index (χ0v) is 7.07. The van der Waals surface area contributed by atoms with Gasteiger partial charge in [-0.3, -0.25) is 10.2 Å². The van der Waals surface area contributed by atoms with Crippen LogP contribution in [0.15, 0.2) is 11.4 Å². The molecule has 11 heavy (non-hydrogen) atoms. The molecule has 1 heterocycles. The van der Waals surface area contributed by atoms with Crippen LogP contribution in [0, 0.1) is 0 Å². The first kappa shape index (κ1) is 8.23. The van der Waals surface area contributed by atoms with E-state index in [0.29, 0.717) is 0 Å². The summed E-state index contributed by atoms with van der Waals surface area (Å²) in [6.45, 7) is 2.01. The van der Waals surface area contributed by atoms with Crippen molar-refractivity contribution in [3.05, 3.63) is 21.9 Å². The molecule has 0 aliphatic heterocycles. The molecule has 0 fully saturated rings. The Balaban J connectivity index is 2.92. The molecule has 1 aromatic rings. The molecule has 1 amide bonds. The Morgan fingerprint density at radius 3 is 3.09 bits per heavy atom. The zero-order chi connectivity index (χ0) is 8.27. The lowest BCUT2D eigenvalue weighted by molar-refractivity contribution is 0.0957. The number of amides is 1. The molecular formula is C7H10N2OS. The van der Waals surface area contributed by atoms with Gasteiger partial charge in [0.15, 0.2) is 0 Å². The van der Waals surface area contributed by atoms with Gasteiger partial charge in [0, 0.05) is 0 Å². The Labute approximate surface area is 69.2 Å². The highest BCUT2D eigenvalue weighted by atomic mass is 32.1. The fourth-order valence-electron chi connectivity index (χ4n) is 0.879. The first-order chi connectivity index (χ1) is 5.29. The van der Waals surface area contributed by atoms with E-state index in [0.717, 1.165) is 16.9 Å². The average Bonchev–Trinajstić information content (AvgIpc) is 2.50. The molecule has 3 nitrogen and oxygen atoms in total. The maximum Gasteiger partial charge on any atom is 0.275 e. The number of nitrogens with two attached hydrogens (primary N) is 1. The number of nitrogen functional groups attached to an aromatic ring is 1. The number of hydrogen-bond donors (Lipinski definition) is 2. The zero-order valence-electron chi connectivity index (χ0n) is 6.26. The predicted molar refractivity (Wildman–Crippen MR) is 45.4 cm³/mol. The van der Waals surface area contributed by atoms with E-state index >= 15 is 0 Å². The highest BCUT2D eigenvalue weighted by Crippen LogP contribution is 2.16. The average molecular weight is 170 g/mol. The number of aryl methyl sites for hydroxylation is 1. The summed E-state index contributed by atoms with van der Waals surface area (Å²) < 4.78 is 0. The number of hydrazine groups is 1. The quantitative estimate of drug-likeness (QED) is 0.394. The van der Waals surface area contributed by atoms with Gasteiger partial charge in [0.2, 0.25) is 0 Å². The Hall–Kier alpha value is -0.870. The third-order valence-electron chi connectivity index (χ3n) is 1.46. The monoisotopic (exact) mass is 170 g/mol. The van der Waals surface area contributed by atoms with Crippen molar-refractivity contribution in [2.24, 2.45) is 5.84 Å². The van der Waals surface area contributed by atoms with Gasteiger partial charge in [0.1, 0.15) is 0 Å². The Kier molecular flexibility index (Phi) is 2.62. The molecule has 0 saturated carbocycles. The van der Waals surface area contributed by atoms with Crippen molar-refractivity contribution in [3.63, 3.8) is 0 Å². The van der Waals surface area contributed by atoms with E-state index in [4.69, 9.17) is 5.84 Å². The number of thiophene rings is 1. The van der Waals surface area contributed by atoms with Crippen molar-refractivity contribution in [2.45, 2.75) is 13.3 Å². The number of rotatable bonds is 2. The first-order valence-corrected chi connectivity index (χ1v) is 4.24.